The van der Waals surface area contributed by atoms with E-state index in [1.807, 2.05) is 0 Å². The molecular weight excluding hydrogens is 554 g/mol. The normalized spacial score (nSPS) is 11.7. The Hall–Kier alpha value is -3.46. The largest absolute Gasteiger partial charge is 0.416 e. The Morgan fingerprint density at radius 3 is 1.70 bits per heavy atom. The van der Waals surface area contributed by atoms with Gasteiger partial charge in [0.25, 0.3) is 5.91 Å². The van der Waals surface area contributed by atoms with Gasteiger partial charge in [-0.05, 0) is 60.7 Å². The van der Waals surface area contributed by atoms with Gasteiger partial charge in [0.05, 0.1) is 27.8 Å². The number of rotatable bonds is 6. The molecule has 15 heteroatoms. The molecule has 3 amide bonds. The smallest absolute Gasteiger partial charge is 0.319 e. The number of imide groups is 1. The predicted octanol–water partition coefficient (Wildman–Crippen LogP) is 7.68. The first-order valence-electron chi connectivity index (χ1n) is 9.81. The summed E-state index contributed by atoms with van der Waals surface area (Å²) in [6.07, 6.45) is -9.22. The average molecular weight is 567 g/mol. The molecule has 0 aromatic heterocycles. The predicted molar refractivity (Wildman–Crippen MR) is 123 cm³/mol. The quantitative estimate of drug-likeness (QED) is 0.182. The fourth-order valence-corrected chi connectivity index (χ4v) is 4.49. The van der Waals surface area contributed by atoms with Crippen molar-refractivity contribution in [3.63, 3.8) is 0 Å². The zero-order valence-corrected chi connectivity index (χ0v) is 19.6. The minimum Gasteiger partial charge on any atom is -0.319 e. The van der Waals surface area contributed by atoms with Gasteiger partial charge in [0.2, 0.25) is 0 Å². The minimum atomic E-state index is -4.67. The number of amides is 3. The van der Waals surface area contributed by atoms with E-state index in [4.69, 9.17) is 0 Å². The van der Waals surface area contributed by atoms with Crippen LogP contribution in [0, 0.1) is 11.6 Å². The number of nitrogens with zero attached hydrogens (tertiary/aromatic N) is 1. The Balaban J connectivity index is 1.79. The molecular formula is C22H13F8N3O2S2. The van der Waals surface area contributed by atoms with Crippen LogP contribution in [0.2, 0.25) is 0 Å². The monoisotopic (exact) mass is 567 g/mol. The zero-order valence-electron chi connectivity index (χ0n) is 18.0. The number of alkyl halides is 6. The van der Waals surface area contributed by atoms with Crippen molar-refractivity contribution in [2.24, 2.45) is 0 Å². The van der Waals surface area contributed by atoms with E-state index in [0.717, 1.165) is 54.6 Å². The Bertz CT molecular complexity index is 1250. The van der Waals surface area contributed by atoms with Gasteiger partial charge in [0, 0.05) is 16.7 Å². The number of anilines is 2. The fraction of sp³-hybridized carbons (Fsp3) is 0.0909. The van der Waals surface area contributed by atoms with E-state index in [1.54, 1.807) is 5.32 Å². The summed E-state index contributed by atoms with van der Waals surface area (Å²) >= 11 is 0. The third-order valence-corrected chi connectivity index (χ3v) is 6.35. The molecule has 0 saturated heterocycles. The number of carbonyl (C=O) groups is 2. The van der Waals surface area contributed by atoms with Gasteiger partial charge in [0.1, 0.15) is 17.2 Å². The van der Waals surface area contributed by atoms with Crippen LogP contribution >= 0.6 is 22.0 Å². The molecule has 3 rings (SSSR count). The van der Waals surface area contributed by atoms with Gasteiger partial charge < -0.3 is 4.72 Å². The molecule has 3 aromatic rings. The van der Waals surface area contributed by atoms with E-state index in [1.165, 1.54) is 0 Å². The lowest BCUT2D eigenvalue weighted by Crippen LogP contribution is -2.40. The van der Waals surface area contributed by atoms with Crippen molar-refractivity contribution in [1.82, 2.24) is 5.32 Å². The van der Waals surface area contributed by atoms with Crippen LogP contribution in [-0.2, 0) is 12.4 Å². The summed E-state index contributed by atoms with van der Waals surface area (Å²) in [6, 6.07) is 8.28. The van der Waals surface area contributed by atoms with E-state index >= 15 is 0 Å². The molecule has 0 heterocycles. The van der Waals surface area contributed by atoms with Crippen LogP contribution in [0.1, 0.15) is 21.5 Å². The second-order valence-electron chi connectivity index (χ2n) is 7.03. The second-order valence-corrected chi connectivity index (χ2v) is 8.86. The lowest BCUT2D eigenvalue weighted by Gasteiger charge is -2.21. The number of carbonyl (C=O) groups excluding carboxylic acids is 2. The third-order valence-electron chi connectivity index (χ3n) is 4.51. The molecule has 0 atom stereocenters. The van der Waals surface area contributed by atoms with Gasteiger partial charge in [-0.1, -0.05) is 6.07 Å². The van der Waals surface area contributed by atoms with Crippen molar-refractivity contribution in [2.45, 2.75) is 12.4 Å². The molecule has 0 saturated carbocycles. The van der Waals surface area contributed by atoms with Gasteiger partial charge in [-0.25, -0.2) is 17.9 Å². The van der Waals surface area contributed by atoms with Crippen LogP contribution in [0.3, 0.4) is 0 Å². The number of benzene rings is 3. The Morgan fingerprint density at radius 2 is 1.22 bits per heavy atom. The number of urea groups is 1. The highest BCUT2D eigenvalue weighted by molar-refractivity contribution is 8.77. The summed E-state index contributed by atoms with van der Waals surface area (Å²) in [4.78, 5) is 25.1. The van der Waals surface area contributed by atoms with Crippen molar-refractivity contribution < 1.29 is 44.7 Å². The Morgan fingerprint density at radius 1 is 0.730 bits per heavy atom. The molecule has 0 aliphatic rings. The maximum Gasteiger partial charge on any atom is 0.416 e. The first kappa shape index (κ1) is 28.1. The minimum absolute atomic E-state index is 0.154. The van der Waals surface area contributed by atoms with Crippen molar-refractivity contribution in [2.75, 3.05) is 9.03 Å². The first-order valence-corrected chi connectivity index (χ1v) is 11.9. The zero-order chi connectivity index (χ0) is 27.4. The molecule has 2 N–H and O–H groups in total. The van der Waals surface area contributed by atoms with E-state index in [-0.39, 0.29) is 11.4 Å². The first-order chi connectivity index (χ1) is 17.3. The highest BCUT2D eigenvalue weighted by Gasteiger charge is 2.31. The molecule has 0 bridgehead atoms. The molecule has 0 fully saturated rings. The molecule has 196 valence electrons. The fourth-order valence-electron chi connectivity index (χ4n) is 2.74. The van der Waals surface area contributed by atoms with Crippen LogP contribution in [0.4, 0.5) is 51.3 Å². The van der Waals surface area contributed by atoms with Crippen molar-refractivity contribution in [1.29, 1.82) is 0 Å². The van der Waals surface area contributed by atoms with Crippen LogP contribution in [-0.4, -0.2) is 11.9 Å². The molecule has 0 aliphatic heterocycles. The van der Waals surface area contributed by atoms with Crippen LogP contribution in [0.15, 0.2) is 66.7 Å². The van der Waals surface area contributed by atoms with Gasteiger partial charge >= 0.3 is 18.4 Å². The number of nitrogens with one attached hydrogen (secondary N) is 2. The SMILES string of the molecule is O=C(NC(=O)N(SSNc1ccc(C(F)(F)F)cc1)c1ccc(C(F)(F)F)cc1)c1c(F)cccc1F. The number of halogens is 8. The molecule has 5 nitrogen and oxygen atoms in total. The Labute approximate surface area is 211 Å². The molecule has 37 heavy (non-hydrogen) atoms. The topological polar surface area (TPSA) is 61.4 Å². The summed E-state index contributed by atoms with van der Waals surface area (Å²) in [6.45, 7) is 0. The summed E-state index contributed by atoms with van der Waals surface area (Å²) in [5.41, 5.74) is -2.95. The van der Waals surface area contributed by atoms with E-state index in [9.17, 15) is 44.7 Å². The molecule has 0 spiro atoms. The molecule has 0 radical (unpaired) electrons. The Kier molecular flexibility index (Phi) is 8.58. The van der Waals surface area contributed by atoms with E-state index in [2.05, 4.69) is 4.72 Å². The summed E-state index contributed by atoms with van der Waals surface area (Å²) in [7, 11) is 1.19. The van der Waals surface area contributed by atoms with E-state index in [0.29, 0.717) is 38.4 Å². The highest BCUT2D eigenvalue weighted by atomic mass is 33.1. The van der Waals surface area contributed by atoms with Crippen LogP contribution in [0.25, 0.3) is 0 Å². The third kappa shape index (κ3) is 7.29. The standard InChI is InChI=1S/C22H13F8N3O2S2/c23-16-2-1-3-17(24)18(16)19(34)31-20(35)33(15-10-6-13(7-11-15)22(28,29)30)37-36-32-14-8-4-12(5-9-14)21(25,26)27/h1-11,32H,(H,31,34,35). The van der Waals surface area contributed by atoms with Crippen molar-refractivity contribution in [3.05, 3.63) is 95.1 Å². The average Bonchev–Trinajstić information content (AvgIpc) is 2.81. The molecule has 0 unspecified atom stereocenters. The summed E-state index contributed by atoms with van der Waals surface area (Å²) in [5, 5.41) is 1.75. The molecule has 3 aromatic carbocycles. The van der Waals surface area contributed by atoms with Crippen molar-refractivity contribution >= 4 is 45.3 Å². The van der Waals surface area contributed by atoms with Crippen molar-refractivity contribution in [3.8, 4) is 0 Å². The lowest BCUT2D eigenvalue weighted by atomic mass is 10.2. The van der Waals surface area contributed by atoms with Gasteiger partial charge in [-0.2, -0.15) is 26.3 Å². The lowest BCUT2D eigenvalue weighted by molar-refractivity contribution is -0.138. The summed E-state index contributed by atoms with van der Waals surface area (Å²) in [5.74, 6) is -3.95. The van der Waals surface area contributed by atoms with Crippen LogP contribution in [0.5, 0.6) is 0 Å². The van der Waals surface area contributed by atoms with Gasteiger partial charge in [0.15, 0.2) is 0 Å². The maximum absolute atomic E-state index is 13.9. The summed E-state index contributed by atoms with van der Waals surface area (Å²) < 4.78 is 108. The van der Waals surface area contributed by atoms with E-state index < -0.39 is 52.6 Å². The number of hydrogen-bond donors (Lipinski definition) is 2. The van der Waals surface area contributed by atoms with Gasteiger partial charge in [-0.15, -0.1) is 0 Å². The highest BCUT2D eigenvalue weighted by Crippen LogP contribution is 2.36. The maximum atomic E-state index is 13.9. The molecule has 0 aliphatic carbocycles. The number of hydrogen-bond acceptors (Lipinski definition) is 5. The second kappa shape index (κ2) is 11.3. The van der Waals surface area contributed by atoms with Gasteiger partial charge in [-0.3, -0.25) is 10.1 Å². The van der Waals surface area contributed by atoms with Crippen LogP contribution < -0.4 is 14.3 Å².